The van der Waals surface area contributed by atoms with Crippen molar-refractivity contribution < 1.29 is 9.84 Å². The van der Waals surface area contributed by atoms with Gasteiger partial charge in [0.05, 0.1) is 5.60 Å². The largest absolute Gasteiger partial charge is 0.385 e. The zero-order valence-electron chi connectivity index (χ0n) is 12.7. The van der Waals surface area contributed by atoms with E-state index in [9.17, 15) is 5.11 Å². The van der Waals surface area contributed by atoms with Crippen molar-refractivity contribution in [2.75, 3.05) is 6.61 Å². The highest BCUT2D eigenvalue weighted by Gasteiger charge is 2.44. The van der Waals surface area contributed by atoms with Gasteiger partial charge in [-0.3, -0.25) is 0 Å². The Balaban J connectivity index is 2.22. The Hall–Kier alpha value is -0.570. The van der Waals surface area contributed by atoms with Crippen LogP contribution in [0.1, 0.15) is 58.1 Å². The third-order valence-electron chi connectivity index (χ3n) is 4.57. The predicted octanol–water partition coefficient (Wildman–Crippen LogP) is 4.75. The van der Waals surface area contributed by atoms with E-state index in [1.165, 1.54) is 0 Å². The second-order valence-corrected chi connectivity index (χ2v) is 7.05. The van der Waals surface area contributed by atoms with Crippen LogP contribution < -0.4 is 0 Å². The molecule has 0 saturated heterocycles. The summed E-state index contributed by atoms with van der Waals surface area (Å²) in [7, 11) is 0. The summed E-state index contributed by atoms with van der Waals surface area (Å²) in [6, 6.07) is 7.44. The van der Waals surface area contributed by atoms with Gasteiger partial charge in [0.1, 0.15) is 6.10 Å². The van der Waals surface area contributed by atoms with Gasteiger partial charge in [-0.15, -0.1) is 0 Å². The number of aliphatic hydroxyl groups excluding tert-OH is 1. The van der Waals surface area contributed by atoms with Crippen molar-refractivity contribution in [3.63, 3.8) is 0 Å². The first kappa shape index (κ1) is 15.8. The topological polar surface area (TPSA) is 29.5 Å². The van der Waals surface area contributed by atoms with Crippen molar-refractivity contribution in [3.05, 3.63) is 34.9 Å². The Bertz CT molecular complexity index is 429. The second-order valence-electron chi connectivity index (χ2n) is 6.62. The molecule has 0 amide bonds. The van der Waals surface area contributed by atoms with Crippen LogP contribution in [0.15, 0.2) is 24.3 Å². The number of benzene rings is 1. The third-order valence-corrected chi connectivity index (χ3v) is 4.82. The van der Waals surface area contributed by atoms with E-state index < -0.39 is 11.7 Å². The van der Waals surface area contributed by atoms with E-state index in [0.717, 1.165) is 31.2 Å². The highest BCUT2D eigenvalue weighted by atomic mass is 35.5. The van der Waals surface area contributed by atoms with E-state index in [-0.39, 0.29) is 0 Å². The van der Waals surface area contributed by atoms with Gasteiger partial charge >= 0.3 is 0 Å². The van der Waals surface area contributed by atoms with E-state index in [2.05, 4.69) is 13.8 Å². The van der Waals surface area contributed by atoms with Gasteiger partial charge in [-0.1, -0.05) is 37.6 Å². The molecular formula is C17H25ClO2. The Kier molecular flexibility index (Phi) is 4.78. The summed E-state index contributed by atoms with van der Waals surface area (Å²) in [5.74, 6) is 0. The zero-order chi connectivity index (χ0) is 14.8. The third kappa shape index (κ3) is 3.36. The predicted molar refractivity (Wildman–Crippen MR) is 83.0 cm³/mol. The fourth-order valence-corrected chi connectivity index (χ4v) is 3.21. The van der Waals surface area contributed by atoms with Gasteiger partial charge in [-0.2, -0.15) is 0 Å². The number of ether oxygens (including phenoxy) is 1. The van der Waals surface area contributed by atoms with E-state index in [1.54, 1.807) is 0 Å². The summed E-state index contributed by atoms with van der Waals surface area (Å²) < 4.78 is 6.03. The van der Waals surface area contributed by atoms with Gasteiger partial charge in [0.25, 0.3) is 0 Å². The lowest BCUT2D eigenvalue weighted by Gasteiger charge is -2.46. The van der Waals surface area contributed by atoms with Gasteiger partial charge < -0.3 is 9.84 Å². The SMILES string of the molecule is CCOC1(C(O)c2ccc(Cl)cc2)CCC(C)(C)CC1. The van der Waals surface area contributed by atoms with E-state index in [1.807, 2.05) is 31.2 Å². The lowest BCUT2D eigenvalue weighted by molar-refractivity contribution is -0.153. The van der Waals surface area contributed by atoms with Gasteiger partial charge in [0.2, 0.25) is 0 Å². The average molecular weight is 297 g/mol. The molecule has 2 nitrogen and oxygen atoms in total. The monoisotopic (exact) mass is 296 g/mol. The van der Waals surface area contributed by atoms with Gasteiger partial charge in [-0.05, 0) is 55.7 Å². The van der Waals surface area contributed by atoms with Crippen molar-refractivity contribution in [1.82, 2.24) is 0 Å². The fraction of sp³-hybridized carbons (Fsp3) is 0.647. The van der Waals surface area contributed by atoms with Crippen molar-refractivity contribution in [3.8, 4) is 0 Å². The maximum atomic E-state index is 10.8. The molecule has 0 spiro atoms. The second kappa shape index (κ2) is 6.05. The van der Waals surface area contributed by atoms with Crippen LogP contribution in [0, 0.1) is 5.41 Å². The molecule has 20 heavy (non-hydrogen) atoms. The first-order valence-corrected chi connectivity index (χ1v) is 7.84. The Morgan fingerprint density at radius 1 is 1.15 bits per heavy atom. The number of rotatable bonds is 4. The molecule has 1 aromatic carbocycles. The average Bonchev–Trinajstić information content (AvgIpc) is 2.42. The summed E-state index contributed by atoms with van der Waals surface area (Å²) in [6.45, 7) is 7.20. The lowest BCUT2D eigenvalue weighted by atomic mass is 9.68. The van der Waals surface area contributed by atoms with E-state index >= 15 is 0 Å². The summed E-state index contributed by atoms with van der Waals surface area (Å²) in [5, 5.41) is 11.5. The summed E-state index contributed by atoms with van der Waals surface area (Å²) in [4.78, 5) is 0. The number of hydrogen-bond donors (Lipinski definition) is 1. The maximum Gasteiger partial charge on any atom is 0.108 e. The van der Waals surface area contributed by atoms with Crippen molar-refractivity contribution >= 4 is 11.6 Å². The minimum Gasteiger partial charge on any atom is -0.385 e. The highest BCUT2D eigenvalue weighted by molar-refractivity contribution is 6.30. The van der Waals surface area contributed by atoms with Crippen LogP contribution >= 0.6 is 11.6 Å². The van der Waals surface area contributed by atoms with Crippen molar-refractivity contribution in [2.24, 2.45) is 5.41 Å². The van der Waals surface area contributed by atoms with Crippen LogP contribution in [-0.4, -0.2) is 17.3 Å². The quantitative estimate of drug-likeness (QED) is 0.869. The molecule has 1 unspecified atom stereocenters. The van der Waals surface area contributed by atoms with Crippen LogP contribution in [0.4, 0.5) is 0 Å². The molecule has 1 aliphatic rings. The molecule has 3 heteroatoms. The van der Waals surface area contributed by atoms with Crippen LogP contribution in [0.3, 0.4) is 0 Å². The van der Waals surface area contributed by atoms with E-state index in [4.69, 9.17) is 16.3 Å². The van der Waals surface area contributed by atoms with Gasteiger partial charge in [-0.25, -0.2) is 0 Å². The Morgan fingerprint density at radius 3 is 2.20 bits per heavy atom. The zero-order valence-corrected chi connectivity index (χ0v) is 13.4. The first-order chi connectivity index (χ1) is 9.38. The van der Waals surface area contributed by atoms with Gasteiger partial charge in [0, 0.05) is 11.6 Å². The Morgan fingerprint density at radius 2 is 1.70 bits per heavy atom. The molecule has 1 aliphatic carbocycles. The van der Waals surface area contributed by atoms with Crippen LogP contribution in [0.5, 0.6) is 0 Å². The minimum absolute atomic E-state index is 0.348. The highest BCUT2D eigenvalue weighted by Crippen LogP contribution is 2.47. The van der Waals surface area contributed by atoms with Crippen LogP contribution in [0.25, 0.3) is 0 Å². The van der Waals surface area contributed by atoms with Crippen LogP contribution in [-0.2, 0) is 4.74 Å². The molecule has 0 aliphatic heterocycles. The van der Waals surface area contributed by atoms with Crippen molar-refractivity contribution in [2.45, 2.75) is 58.2 Å². The summed E-state index contributed by atoms with van der Waals surface area (Å²) >= 11 is 5.92. The Labute approximate surface area is 127 Å². The molecule has 2 rings (SSSR count). The molecule has 0 aromatic heterocycles. The standard InChI is InChI=1S/C17H25ClO2/c1-4-20-17(11-9-16(2,3)10-12-17)15(19)13-5-7-14(18)8-6-13/h5-8,15,19H,4,9-12H2,1-3H3. The molecule has 112 valence electrons. The molecule has 1 saturated carbocycles. The summed E-state index contributed by atoms with van der Waals surface area (Å²) in [6.07, 6.45) is 3.38. The van der Waals surface area contributed by atoms with Crippen LogP contribution in [0.2, 0.25) is 5.02 Å². The molecule has 0 radical (unpaired) electrons. The molecule has 1 atom stereocenters. The molecule has 1 fully saturated rings. The molecule has 0 heterocycles. The summed E-state index contributed by atoms with van der Waals surface area (Å²) in [5.41, 5.74) is 0.792. The maximum absolute atomic E-state index is 10.8. The number of hydrogen-bond acceptors (Lipinski definition) is 2. The number of halogens is 1. The van der Waals surface area contributed by atoms with Gasteiger partial charge in [0.15, 0.2) is 0 Å². The van der Waals surface area contributed by atoms with E-state index in [0.29, 0.717) is 17.0 Å². The van der Waals surface area contributed by atoms with Crippen molar-refractivity contribution in [1.29, 1.82) is 0 Å². The first-order valence-electron chi connectivity index (χ1n) is 7.46. The molecule has 1 aromatic rings. The molecule has 1 N–H and O–H groups in total. The lowest BCUT2D eigenvalue weighted by Crippen LogP contribution is -2.44. The molecular weight excluding hydrogens is 272 g/mol. The normalized spacial score (nSPS) is 22.4. The number of aliphatic hydroxyl groups is 1. The minimum atomic E-state index is -0.587. The molecule has 0 bridgehead atoms. The smallest absolute Gasteiger partial charge is 0.108 e. The fourth-order valence-electron chi connectivity index (χ4n) is 3.08.